The number of benzene rings is 1. The van der Waals surface area contributed by atoms with Crippen molar-refractivity contribution in [2.45, 2.75) is 25.7 Å². The summed E-state index contributed by atoms with van der Waals surface area (Å²) in [5, 5.41) is 0. The number of hydrogen-bond donors (Lipinski definition) is 0. The fraction of sp³-hybridized carbons (Fsp3) is 0.333. The lowest BCUT2D eigenvalue weighted by Gasteiger charge is -2.00. The average Bonchev–Trinajstić information content (AvgIpc) is 3.21. The smallest absolute Gasteiger partial charge is 0.376 e. The standard InChI is InChI=1S/C15H13Br2NO3/c1-2-20-15(19)13-12(8-3-4-8)18-14(21-13)10-7-9(16)5-6-11(10)17/h5-8H,2-4H2,1H3. The molecule has 0 N–H and O–H groups in total. The SMILES string of the molecule is CCOC(=O)c1oc(-c2cc(Br)ccc2Br)nc1C1CC1. The van der Waals surface area contributed by atoms with Crippen molar-refractivity contribution in [3.8, 4) is 11.5 Å². The summed E-state index contributed by atoms with van der Waals surface area (Å²) in [6.45, 7) is 2.09. The quantitative estimate of drug-likeness (QED) is 0.666. The molecule has 0 amide bonds. The molecular weight excluding hydrogens is 402 g/mol. The first-order valence-electron chi connectivity index (χ1n) is 6.73. The van der Waals surface area contributed by atoms with Gasteiger partial charge in [-0.3, -0.25) is 0 Å². The second-order valence-corrected chi connectivity index (χ2v) is 6.62. The van der Waals surface area contributed by atoms with Crippen molar-refractivity contribution in [2.75, 3.05) is 6.61 Å². The van der Waals surface area contributed by atoms with Crippen LogP contribution in [0.4, 0.5) is 0 Å². The number of oxazole rings is 1. The van der Waals surface area contributed by atoms with Crippen molar-refractivity contribution < 1.29 is 13.9 Å². The molecule has 0 bridgehead atoms. The monoisotopic (exact) mass is 413 g/mol. The van der Waals surface area contributed by atoms with Crippen LogP contribution in [-0.2, 0) is 4.74 Å². The largest absolute Gasteiger partial charge is 0.460 e. The van der Waals surface area contributed by atoms with Crippen LogP contribution in [0.5, 0.6) is 0 Å². The van der Waals surface area contributed by atoms with Gasteiger partial charge in [0, 0.05) is 14.9 Å². The second kappa shape index (κ2) is 5.93. The lowest BCUT2D eigenvalue weighted by Crippen LogP contribution is -2.05. The van der Waals surface area contributed by atoms with Gasteiger partial charge in [-0.05, 0) is 53.9 Å². The number of rotatable bonds is 4. The summed E-state index contributed by atoms with van der Waals surface area (Å²) < 4.78 is 12.6. The van der Waals surface area contributed by atoms with E-state index >= 15 is 0 Å². The van der Waals surface area contributed by atoms with Crippen molar-refractivity contribution in [2.24, 2.45) is 0 Å². The molecule has 21 heavy (non-hydrogen) atoms. The Hall–Kier alpha value is -1.14. The molecule has 2 aromatic rings. The molecular formula is C15H13Br2NO3. The lowest BCUT2D eigenvalue weighted by molar-refractivity contribution is 0.0489. The predicted octanol–water partition coefficient (Wildman–Crippen LogP) is 4.92. The van der Waals surface area contributed by atoms with Crippen molar-refractivity contribution >= 4 is 37.8 Å². The Labute approximate surface area is 139 Å². The zero-order chi connectivity index (χ0) is 15.0. The Morgan fingerprint density at radius 3 is 2.86 bits per heavy atom. The normalized spacial score (nSPS) is 14.2. The van der Waals surface area contributed by atoms with Gasteiger partial charge >= 0.3 is 5.97 Å². The van der Waals surface area contributed by atoms with E-state index in [4.69, 9.17) is 9.15 Å². The molecule has 0 saturated heterocycles. The maximum atomic E-state index is 12.0. The predicted molar refractivity (Wildman–Crippen MR) is 85.3 cm³/mol. The van der Waals surface area contributed by atoms with Crippen molar-refractivity contribution in [3.05, 3.63) is 38.6 Å². The molecule has 0 unspecified atom stereocenters. The molecule has 1 aliphatic rings. The first kappa shape index (κ1) is 14.8. The van der Waals surface area contributed by atoms with Gasteiger partial charge in [0.1, 0.15) is 0 Å². The van der Waals surface area contributed by atoms with Gasteiger partial charge in [-0.25, -0.2) is 9.78 Å². The molecule has 0 spiro atoms. The summed E-state index contributed by atoms with van der Waals surface area (Å²) in [5.74, 6) is 0.548. The minimum atomic E-state index is -0.440. The van der Waals surface area contributed by atoms with E-state index in [1.807, 2.05) is 18.2 Å². The third kappa shape index (κ3) is 3.06. The van der Waals surface area contributed by atoms with Crippen LogP contribution in [0.1, 0.15) is 41.9 Å². The first-order valence-corrected chi connectivity index (χ1v) is 8.32. The van der Waals surface area contributed by atoms with Crippen LogP contribution in [0.3, 0.4) is 0 Å². The highest BCUT2D eigenvalue weighted by atomic mass is 79.9. The van der Waals surface area contributed by atoms with Gasteiger partial charge in [-0.2, -0.15) is 0 Å². The van der Waals surface area contributed by atoms with Crippen molar-refractivity contribution in [3.63, 3.8) is 0 Å². The summed E-state index contributed by atoms with van der Waals surface area (Å²) >= 11 is 6.92. The van der Waals surface area contributed by atoms with Crippen LogP contribution >= 0.6 is 31.9 Å². The Kier molecular flexibility index (Phi) is 4.17. The highest BCUT2D eigenvalue weighted by Crippen LogP contribution is 2.43. The molecule has 6 heteroatoms. The zero-order valence-electron chi connectivity index (χ0n) is 11.4. The number of aromatic nitrogens is 1. The second-order valence-electron chi connectivity index (χ2n) is 4.85. The maximum Gasteiger partial charge on any atom is 0.376 e. The van der Waals surface area contributed by atoms with Gasteiger partial charge in [-0.1, -0.05) is 15.9 Å². The lowest BCUT2D eigenvalue weighted by atomic mass is 10.2. The molecule has 1 fully saturated rings. The van der Waals surface area contributed by atoms with Gasteiger partial charge in [-0.15, -0.1) is 0 Å². The molecule has 110 valence electrons. The van der Waals surface area contributed by atoms with Crippen LogP contribution in [0.15, 0.2) is 31.6 Å². The molecule has 0 aliphatic heterocycles. The topological polar surface area (TPSA) is 52.3 Å². The summed E-state index contributed by atoms with van der Waals surface area (Å²) in [4.78, 5) is 16.5. The Balaban J connectivity index is 2.05. The number of halogens is 2. The number of carbonyl (C=O) groups is 1. The minimum absolute atomic E-state index is 0.237. The van der Waals surface area contributed by atoms with E-state index < -0.39 is 5.97 Å². The Bertz CT molecular complexity index is 692. The van der Waals surface area contributed by atoms with E-state index in [1.165, 1.54) is 0 Å². The Morgan fingerprint density at radius 1 is 1.43 bits per heavy atom. The maximum absolute atomic E-state index is 12.0. The van der Waals surface area contributed by atoms with Crippen LogP contribution in [0.25, 0.3) is 11.5 Å². The van der Waals surface area contributed by atoms with Crippen LogP contribution < -0.4 is 0 Å². The van der Waals surface area contributed by atoms with Crippen LogP contribution in [0, 0.1) is 0 Å². The average molecular weight is 415 g/mol. The van der Waals surface area contributed by atoms with Crippen LogP contribution in [-0.4, -0.2) is 17.6 Å². The van der Waals surface area contributed by atoms with E-state index in [9.17, 15) is 4.79 Å². The molecule has 0 atom stereocenters. The van der Waals surface area contributed by atoms with Gasteiger partial charge in [0.15, 0.2) is 0 Å². The van der Waals surface area contributed by atoms with Gasteiger partial charge in [0.25, 0.3) is 0 Å². The number of nitrogens with zero attached hydrogens (tertiary/aromatic N) is 1. The summed E-state index contributed by atoms with van der Waals surface area (Å²) in [5.41, 5.74) is 1.53. The number of esters is 1. The summed E-state index contributed by atoms with van der Waals surface area (Å²) in [6.07, 6.45) is 2.08. The molecule has 1 aromatic heterocycles. The first-order chi connectivity index (χ1) is 10.1. The third-order valence-corrected chi connectivity index (χ3v) is 4.42. The van der Waals surface area contributed by atoms with E-state index in [0.717, 1.165) is 33.0 Å². The van der Waals surface area contributed by atoms with Crippen molar-refractivity contribution in [1.29, 1.82) is 0 Å². The van der Waals surface area contributed by atoms with Gasteiger partial charge in [0.05, 0.1) is 17.9 Å². The van der Waals surface area contributed by atoms with Gasteiger partial charge in [0.2, 0.25) is 11.7 Å². The number of hydrogen-bond acceptors (Lipinski definition) is 4. The molecule has 1 aromatic carbocycles. The molecule has 3 rings (SSSR count). The van der Waals surface area contributed by atoms with E-state index in [1.54, 1.807) is 6.92 Å². The highest BCUT2D eigenvalue weighted by molar-refractivity contribution is 9.11. The highest BCUT2D eigenvalue weighted by Gasteiger charge is 2.34. The molecule has 1 aliphatic carbocycles. The summed E-state index contributed by atoms with van der Waals surface area (Å²) in [6, 6.07) is 5.73. The fourth-order valence-corrected chi connectivity index (χ4v) is 2.86. The molecule has 0 radical (unpaired) electrons. The zero-order valence-corrected chi connectivity index (χ0v) is 14.5. The molecule has 4 nitrogen and oxygen atoms in total. The molecule has 1 heterocycles. The Morgan fingerprint density at radius 2 is 2.19 bits per heavy atom. The summed E-state index contributed by atoms with van der Waals surface area (Å²) in [7, 11) is 0. The van der Waals surface area contributed by atoms with Crippen LogP contribution in [0.2, 0.25) is 0 Å². The molecule has 1 saturated carbocycles. The number of ether oxygens (including phenoxy) is 1. The fourth-order valence-electron chi connectivity index (χ4n) is 2.08. The van der Waals surface area contributed by atoms with E-state index in [-0.39, 0.29) is 5.76 Å². The van der Waals surface area contributed by atoms with E-state index in [2.05, 4.69) is 36.8 Å². The van der Waals surface area contributed by atoms with E-state index in [0.29, 0.717) is 18.4 Å². The van der Waals surface area contributed by atoms with Crippen molar-refractivity contribution in [1.82, 2.24) is 4.98 Å². The number of carbonyl (C=O) groups excluding carboxylic acids is 1. The minimum Gasteiger partial charge on any atom is -0.460 e. The van der Waals surface area contributed by atoms with Gasteiger partial charge < -0.3 is 9.15 Å². The third-order valence-electron chi connectivity index (χ3n) is 3.24.